The minimum Gasteiger partial charge on any atom is -0.466 e. The van der Waals surface area contributed by atoms with Gasteiger partial charge in [0, 0.05) is 12.8 Å². The molecule has 0 radical (unpaired) electrons. The molecule has 2 unspecified atom stereocenters. The average Bonchev–Trinajstić information content (AvgIpc) is 3.38. The molecule has 3 N–H and O–H groups in total. The third-order valence-electron chi connectivity index (χ3n) is 15.2. The molecule has 0 bridgehead atoms. The number of aliphatic hydroxyl groups excluding tert-OH is 2. The molecular weight excluding hydrogens is 887 g/mol. The van der Waals surface area contributed by atoms with Crippen LogP contribution in [0, 0.1) is 0 Å². The standard InChI is InChI=1S/C66H127NO5/c1-3-5-7-9-11-13-15-16-17-32-35-39-42-46-50-54-58-64(69)63(62-68)67-65(70)59-55-51-47-43-40-36-33-30-28-26-24-22-20-18-19-21-23-25-27-29-31-34-37-41-45-49-53-57-61-72-66(71)60-56-52-48-44-38-14-12-10-8-6-4-2/h10,12,54,58,63-64,68-69H,3-9,11,13-53,55-57,59-62H2,1-2H3,(H,67,70)/b12-10-,58-54+. The Morgan fingerprint density at radius 3 is 1.03 bits per heavy atom. The molecule has 0 rings (SSSR count). The Morgan fingerprint density at radius 1 is 0.375 bits per heavy atom. The number of unbranched alkanes of at least 4 members (excludes halogenated alkanes) is 48. The van der Waals surface area contributed by atoms with Crippen molar-refractivity contribution in [3.05, 3.63) is 24.3 Å². The first-order valence-electron chi connectivity index (χ1n) is 32.6. The Balaban J connectivity index is 3.36. The van der Waals surface area contributed by atoms with E-state index in [2.05, 4.69) is 31.3 Å². The van der Waals surface area contributed by atoms with E-state index in [1.807, 2.05) is 6.08 Å². The van der Waals surface area contributed by atoms with E-state index in [9.17, 15) is 19.8 Å². The number of allylic oxidation sites excluding steroid dienone is 3. The first-order valence-corrected chi connectivity index (χ1v) is 32.6. The van der Waals surface area contributed by atoms with Gasteiger partial charge in [-0.15, -0.1) is 0 Å². The Kier molecular flexibility index (Phi) is 60.5. The van der Waals surface area contributed by atoms with Crippen LogP contribution in [0.5, 0.6) is 0 Å². The van der Waals surface area contributed by atoms with Gasteiger partial charge in [-0.25, -0.2) is 0 Å². The van der Waals surface area contributed by atoms with E-state index < -0.39 is 12.1 Å². The van der Waals surface area contributed by atoms with Crippen molar-refractivity contribution in [3.8, 4) is 0 Å². The van der Waals surface area contributed by atoms with E-state index in [1.54, 1.807) is 6.08 Å². The normalized spacial score (nSPS) is 12.7. The lowest BCUT2D eigenvalue weighted by Crippen LogP contribution is -2.45. The monoisotopic (exact) mass is 1010 g/mol. The van der Waals surface area contributed by atoms with Crippen molar-refractivity contribution in [3.63, 3.8) is 0 Å². The summed E-state index contributed by atoms with van der Waals surface area (Å²) in [5, 5.41) is 23.2. The van der Waals surface area contributed by atoms with Crippen LogP contribution in [0.15, 0.2) is 24.3 Å². The molecule has 0 heterocycles. The van der Waals surface area contributed by atoms with Crippen LogP contribution in [-0.2, 0) is 14.3 Å². The molecule has 0 aromatic heterocycles. The Labute approximate surface area is 450 Å². The summed E-state index contributed by atoms with van der Waals surface area (Å²) in [6.07, 6.45) is 76.7. The molecule has 6 nitrogen and oxygen atoms in total. The summed E-state index contributed by atoms with van der Waals surface area (Å²) < 4.78 is 5.46. The number of hydrogen-bond acceptors (Lipinski definition) is 5. The van der Waals surface area contributed by atoms with Crippen LogP contribution in [-0.4, -0.2) is 47.4 Å². The maximum Gasteiger partial charge on any atom is 0.305 e. The highest BCUT2D eigenvalue weighted by Gasteiger charge is 2.18. The third kappa shape index (κ3) is 57.6. The molecule has 72 heavy (non-hydrogen) atoms. The van der Waals surface area contributed by atoms with Crippen LogP contribution in [0.4, 0.5) is 0 Å². The highest BCUT2D eigenvalue weighted by Crippen LogP contribution is 2.18. The van der Waals surface area contributed by atoms with Crippen molar-refractivity contribution < 1.29 is 24.5 Å². The molecule has 6 heteroatoms. The van der Waals surface area contributed by atoms with Gasteiger partial charge in [-0.3, -0.25) is 9.59 Å². The second kappa shape index (κ2) is 61.9. The number of nitrogens with one attached hydrogen (secondary N) is 1. The SMILES string of the molecule is CCCC/C=C\CCCCCCCC(=O)OCCCCCCCCCCCCCCCCCCCCCCCCCCCCCCC(=O)NC(CO)C(O)/C=C/CCCCCCCCCCCCCCCC. The fourth-order valence-electron chi connectivity index (χ4n) is 10.2. The predicted octanol–water partition coefficient (Wildman–Crippen LogP) is 20.6. The molecule has 0 aromatic carbocycles. The second-order valence-electron chi connectivity index (χ2n) is 22.5. The summed E-state index contributed by atoms with van der Waals surface area (Å²) in [7, 11) is 0. The van der Waals surface area contributed by atoms with Gasteiger partial charge in [0.15, 0.2) is 0 Å². The summed E-state index contributed by atoms with van der Waals surface area (Å²) in [4.78, 5) is 24.5. The maximum absolute atomic E-state index is 12.5. The summed E-state index contributed by atoms with van der Waals surface area (Å²) in [6, 6.07) is -0.625. The highest BCUT2D eigenvalue weighted by atomic mass is 16.5. The van der Waals surface area contributed by atoms with Gasteiger partial charge < -0.3 is 20.3 Å². The topological polar surface area (TPSA) is 95.9 Å². The average molecular weight is 1010 g/mol. The van der Waals surface area contributed by atoms with Crippen molar-refractivity contribution in [2.75, 3.05) is 13.2 Å². The molecular formula is C66H127NO5. The lowest BCUT2D eigenvalue weighted by atomic mass is 10.0. The zero-order valence-electron chi connectivity index (χ0n) is 48.7. The number of hydrogen-bond donors (Lipinski definition) is 3. The van der Waals surface area contributed by atoms with E-state index in [-0.39, 0.29) is 18.5 Å². The Morgan fingerprint density at radius 2 is 0.667 bits per heavy atom. The van der Waals surface area contributed by atoms with Crippen molar-refractivity contribution in [1.29, 1.82) is 0 Å². The molecule has 2 atom stereocenters. The molecule has 0 aliphatic heterocycles. The molecule has 0 aromatic rings. The van der Waals surface area contributed by atoms with Crippen molar-refractivity contribution >= 4 is 11.9 Å². The molecule has 426 valence electrons. The lowest BCUT2D eigenvalue weighted by Gasteiger charge is -2.20. The molecule has 0 aliphatic carbocycles. The number of carbonyl (C=O) groups is 2. The van der Waals surface area contributed by atoms with Gasteiger partial charge in [0.1, 0.15) is 0 Å². The predicted molar refractivity (Wildman–Crippen MR) is 315 cm³/mol. The van der Waals surface area contributed by atoms with Crippen LogP contribution in [0.2, 0.25) is 0 Å². The summed E-state index contributed by atoms with van der Waals surface area (Å²) in [5.74, 6) is -0.0549. The molecule has 0 spiro atoms. The second-order valence-corrected chi connectivity index (χ2v) is 22.5. The molecule has 0 aliphatic rings. The number of carbonyl (C=O) groups excluding carboxylic acids is 2. The van der Waals surface area contributed by atoms with E-state index in [0.29, 0.717) is 19.4 Å². The molecule has 1 amide bonds. The van der Waals surface area contributed by atoms with E-state index in [4.69, 9.17) is 4.74 Å². The summed E-state index contributed by atoms with van der Waals surface area (Å²) in [6.45, 7) is 4.89. The minimum absolute atomic E-state index is 0.00759. The third-order valence-corrected chi connectivity index (χ3v) is 15.2. The summed E-state index contributed by atoms with van der Waals surface area (Å²) >= 11 is 0. The van der Waals surface area contributed by atoms with Crippen LogP contribution in [0.25, 0.3) is 0 Å². The van der Waals surface area contributed by atoms with Gasteiger partial charge in [-0.05, 0) is 51.4 Å². The number of rotatable bonds is 61. The molecule has 0 saturated heterocycles. The van der Waals surface area contributed by atoms with E-state index in [1.165, 1.54) is 289 Å². The van der Waals surface area contributed by atoms with Crippen molar-refractivity contribution in [1.82, 2.24) is 5.32 Å². The van der Waals surface area contributed by atoms with Crippen LogP contribution in [0.1, 0.15) is 361 Å². The van der Waals surface area contributed by atoms with Gasteiger partial charge in [0.05, 0.1) is 25.4 Å². The number of aliphatic hydroxyl groups is 2. The number of ether oxygens (including phenoxy) is 1. The van der Waals surface area contributed by atoms with Gasteiger partial charge in [-0.1, -0.05) is 321 Å². The highest BCUT2D eigenvalue weighted by molar-refractivity contribution is 5.76. The number of amides is 1. The smallest absolute Gasteiger partial charge is 0.305 e. The van der Waals surface area contributed by atoms with Gasteiger partial charge in [-0.2, -0.15) is 0 Å². The van der Waals surface area contributed by atoms with Gasteiger partial charge >= 0.3 is 5.97 Å². The number of esters is 1. The fraction of sp³-hybridized carbons (Fsp3) is 0.909. The van der Waals surface area contributed by atoms with Crippen LogP contribution in [0.3, 0.4) is 0 Å². The molecule has 0 fully saturated rings. The first-order chi connectivity index (χ1) is 35.5. The molecule has 0 saturated carbocycles. The van der Waals surface area contributed by atoms with Gasteiger partial charge in [0.25, 0.3) is 0 Å². The summed E-state index contributed by atoms with van der Waals surface area (Å²) in [5.41, 5.74) is 0. The van der Waals surface area contributed by atoms with Crippen LogP contribution < -0.4 is 5.32 Å². The minimum atomic E-state index is -0.842. The Hall–Kier alpha value is -1.66. The largest absolute Gasteiger partial charge is 0.466 e. The maximum atomic E-state index is 12.5. The zero-order valence-corrected chi connectivity index (χ0v) is 48.7. The van der Waals surface area contributed by atoms with Crippen molar-refractivity contribution in [2.24, 2.45) is 0 Å². The van der Waals surface area contributed by atoms with E-state index in [0.717, 1.165) is 44.9 Å². The van der Waals surface area contributed by atoms with E-state index >= 15 is 0 Å². The zero-order chi connectivity index (χ0) is 52.2. The fourth-order valence-corrected chi connectivity index (χ4v) is 10.2. The quantitative estimate of drug-likeness (QED) is 0.0320. The van der Waals surface area contributed by atoms with Crippen LogP contribution >= 0.6 is 0 Å². The Bertz CT molecular complexity index is 1120. The first kappa shape index (κ1) is 70.3. The van der Waals surface area contributed by atoms with Crippen molar-refractivity contribution in [2.45, 2.75) is 373 Å². The lowest BCUT2D eigenvalue weighted by molar-refractivity contribution is -0.143. The van der Waals surface area contributed by atoms with Gasteiger partial charge in [0.2, 0.25) is 5.91 Å².